The standard InChI is InChI=1S/C28H27ClF3N7O3/c29-15-4-5-17(18(10-15)16-2-1-3-19-23(16)36-14-35-19)24(28(30,31)32)42-22-11-21(37-26(33)38-22)39-8-6-27(7-9-39)12-20(25(40)41)34-13-27/h1-5,10-11,14,20,24,34H,6-9,12-13H2,(H,35,36)(H,40,41)(H2,33,37,38)/t20-,24+/m0/s1. The van der Waals surface area contributed by atoms with Gasteiger partial charge < -0.3 is 30.8 Å². The van der Waals surface area contributed by atoms with Crippen LogP contribution in [0.4, 0.5) is 24.9 Å². The quantitative estimate of drug-likeness (QED) is 0.241. The van der Waals surface area contributed by atoms with Gasteiger partial charge in [0, 0.05) is 41.9 Å². The average Bonchev–Trinajstić information content (AvgIpc) is 3.59. The number of hydrogen-bond donors (Lipinski definition) is 4. The zero-order valence-electron chi connectivity index (χ0n) is 22.2. The number of aliphatic carboxylic acids is 1. The first-order valence-electron chi connectivity index (χ1n) is 13.3. The molecule has 4 aromatic rings. The predicted molar refractivity (Wildman–Crippen MR) is 150 cm³/mol. The van der Waals surface area contributed by atoms with Gasteiger partial charge in [0.25, 0.3) is 0 Å². The number of aromatic nitrogens is 4. The summed E-state index contributed by atoms with van der Waals surface area (Å²) in [7, 11) is 0. The number of alkyl halides is 3. The molecule has 0 bridgehead atoms. The number of nitrogens with one attached hydrogen (secondary N) is 2. The molecule has 0 unspecified atom stereocenters. The number of carboxylic acid groups (broad SMARTS) is 1. The fourth-order valence-electron chi connectivity index (χ4n) is 5.94. The molecule has 2 saturated heterocycles. The number of nitrogen functional groups attached to an aromatic ring is 1. The van der Waals surface area contributed by atoms with E-state index in [-0.39, 0.29) is 33.4 Å². The molecular formula is C28H27ClF3N7O3. The number of carbonyl (C=O) groups is 1. The van der Waals surface area contributed by atoms with Crippen LogP contribution in [0.5, 0.6) is 5.88 Å². The molecule has 6 rings (SSSR count). The Labute approximate surface area is 243 Å². The summed E-state index contributed by atoms with van der Waals surface area (Å²) in [5, 5.41) is 12.7. The third kappa shape index (κ3) is 5.41. The highest BCUT2D eigenvalue weighted by atomic mass is 35.5. The molecule has 2 aliphatic rings. The second kappa shape index (κ2) is 10.6. The van der Waals surface area contributed by atoms with Crippen LogP contribution in [-0.2, 0) is 4.79 Å². The molecule has 2 atom stereocenters. The minimum Gasteiger partial charge on any atom is -0.480 e. The lowest BCUT2D eigenvalue weighted by atomic mass is 9.76. The van der Waals surface area contributed by atoms with Crippen LogP contribution in [0.3, 0.4) is 0 Å². The normalized spacial score (nSPS) is 19.3. The SMILES string of the molecule is Nc1nc(O[C@H](c2ccc(Cl)cc2-c2cccc3[nH]cnc23)C(F)(F)F)cc(N2CCC3(CC2)CN[C@H](C(=O)O)C3)n1. The predicted octanol–water partition coefficient (Wildman–Crippen LogP) is 4.97. The van der Waals surface area contributed by atoms with E-state index in [1.807, 2.05) is 4.90 Å². The molecule has 1 spiro atoms. The van der Waals surface area contributed by atoms with Crippen LogP contribution in [0.1, 0.15) is 30.9 Å². The second-order valence-corrected chi connectivity index (χ2v) is 11.2. The van der Waals surface area contributed by atoms with Crippen molar-refractivity contribution in [2.75, 3.05) is 30.3 Å². The Morgan fingerprint density at radius 3 is 2.67 bits per heavy atom. The summed E-state index contributed by atoms with van der Waals surface area (Å²) in [5.41, 5.74) is 7.44. The Kier molecular flexibility index (Phi) is 7.09. The maximum Gasteiger partial charge on any atom is 0.429 e. The maximum atomic E-state index is 14.6. The summed E-state index contributed by atoms with van der Waals surface area (Å²) in [6.07, 6.45) is -3.83. The third-order valence-electron chi connectivity index (χ3n) is 8.09. The number of nitrogens with zero attached hydrogens (tertiary/aromatic N) is 4. The van der Waals surface area contributed by atoms with Crippen LogP contribution in [0.25, 0.3) is 22.2 Å². The minimum absolute atomic E-state index is 0.152. The van der Waals surface area contributed by atoms with E-state index < -0.39 is 24.3 Å². The molecule has 0 amide bonds. The number of ether oxygens (including phenoxy) is 1. The number of para-hydroxylation sites is 1. The van der Waals surface area contributed by atoms with E-state index in [2.05, 4.69) is 25.3 Å². The van der Waals surface area contributed by atoms with Crippen LogP contribution in [-0.4, -0.2) is 62.9 Å². The second-order valence-electron chi connectivity index (χ2n) is 10.8. The summed E-state index contributed by atoms with van der Waals surface area (Å²) in [4.78, 5) is 28.8. The minimum atomic E-state index is -4.82. The van der Waals surface area contributed by atoms with Gasteiger partial charge in [0.15, 0.2) is 0 Å². The van der Waals surface area contributed by atoms with E-state index in [1.54, 1.807) is 18.2 Å². The number of imidazole rings is 1. The molecule has 2 aromatic carbocycles. The fourth-order valence-corrected chi connectivity index (χ4v) is 6.11. The van der Waals surface area contributed by atoms with Gasteiger partial charge >= 0.3 is 12.1 Å². The van der Waals surface area contributed by atoms with Crippen LogP contribution in [0.2, 0.25) is 5.02 Å². The summed E-state index contributed by atoms with van der Waals surface area (Å²) >= 11 is 6.24. The number of fused-ring (bicyclic) bond motifs is 1. The van der Waals surface area contributed by atoms with Gasteiger partial charge in [-0.15, -0.1) is 0 Å². The van der Waals surface area contributed by atoms with Crippen molar-refractivity contribution in [1.29, 1.82) is 0 Å². The number of aromatic amines is 1. The Bertz CT molecular complexity index is 1640. The first-order valence-corrected chi connectivity index (χ1v) is 13.7. The molecule has 0 radical (unpaired) electrons. The third-order valence-corrected chi connectivity index (χ3v) is 8.32. The summed E-state index contributed by atoms with van der Waals surface area (Å²) in [6.45, 7) is 1.66. The highest BCUT2D eigenvalue weighted by molar-refractivity contribution is 6.31. The summed E-state index contributed by atoms with van der Waals surface area (Å²) in [6, 6.07) is 10.1. The lowest BCUT2D eigenvalue weighted by Gasteiger charge is -2.39. The molecule has 2 fully saturated rings. The van der Waals surface area contributed by atoms with Crippen molar-refractivity contribution in [3.05, 3.63) is 59.4 Å². The van der Waals surface area contributed by atoms with Gasteiger partial charge in [0.2, 0.25) is 17.9 Å². The number of halogens is 4. The van der Waals surface area contributed by atoms with E-state index in [4.69, 9.17) is 22.1 Å². The molecule has 5 N–H and O–H groups in total. The lowest BCUT2D eigenvalue weighted by molar-refractivity contribution is -0.198. The first kappa shape index (κ1) is 28.0. The van der Waals surface area contributed by atoms with Gasteiger partial charge in [-0.2, -0.15) is 23.1 Å². The highest BCUT2D eigenvalue weighted by Crippen LogP contribution is 2.44. The van der Waals surface area contributed by atoms with Gasteiger partial charge in [-0.3, -0.25) is 4.79 Å². The number of carboxylic acids is 1. The Morgan fingerprint density at radius 1 is 1.17 bits per heavy atom. The van der Waals surface area contributed by atoms with Gasteiger partial charge in [0.05, 0.1) is 17.4 Å². The van der Waals surface area contributed by atoms with Crippen LogP contribution in [0, 0.1) is 5.41 Å². The van der Waals surface area contributed by atoms with E-state index in [9.17, 15) is 23.1 Å². The van der Waals surface area contributed by atoms with Gasteiger partial charge in [-0.05, 0) is 48.4 Å². The van der Waals surface area contributed by atoms with Gasteiger partial charge in [-0.1, -0.05) is 29.8 Å². The number of piperidine rings is 1. The van der Waals surface area contributed by atoms with Gasteiger partial charge in [-0.25, -0.2) is 4.98 Å². The first-order chi connectivity index (χ1) is 20.0. The van der Waals surface area contributed by atoms with E-state index in [1.165, 1.54) is 30.6 Å². The Morgan fingerprint density at radius 2 is 1.95 bits per heavy atom. The van der Waals surface area contributed by atoms with Crippen LogP contribution >= 0.6 is 11.6 Å². The Balaban J connectivity index is 1.30. The molecule has 0 aliphatic carbocycles. The van der Waals surface area contributed by atoms with E-state index in [0.717, 1.165) is 0 Å². The molecule has 10 nitrogen and oxygen atoms in total. The molecule has 42 heavy (non-hydrogen) atoms. The number of benzene rings is 2. The largest absolute Gasteiger partial charge is 0.480 e. The van der Waals surface area contributed by atoms with E-state index >= 15 is 0 Å². The van der Waals surface area contributed by atoms with Crippen molar-refractivity contribution in [3.63, 3.8) is 0 Å². The van der Waals surface area contributed by atoms with Crippen molar-refractivity contribution in [1.82, 2.24) is 25.3 Å². The zero-order chi connectivity index (χ0) is 29.6. The molecule has 4 heterocycles. The maximum absolute atomic E-state index is 14.6. The van der Waals surface area contributed by atoms with Crippen LogP contribution < -0.4 is 20.7 Å². The smallest absolute Gasteiger partial charge is 0.429 e. The molecule has 2 aliphatic heterocycles. The molecular weight excluding hydrogens is 575 g/mol. The number of H-pyrrole nitrogens is 1. The number of hydrogen-bond acceptors (Lipinski definition) is 8. The molecule has 14 heteroatoms. The highest BCUT2D eigenvalue weighted by Gasteiger charge is 2.46. The van der Waals surface area contributed by atoms with Crippen LogP contribution in [0.15, 0.2) is 48.8 Å². The molecule has 220 valence electrons. The van der Waals surface area contributed by atoms with Crippen molar-refractivity contribution in [3.8, 4) is 17.0 Å². The van der Waals surface area contributed by atoms with E-state index in [0.29, 0.717) is 61.3 Å². The molecule has 0 saturated carbocycles. The average molecular weight is 602 g/mol. The van der Waals surface area contributed by atoms with Gasteiger partial charge in [0.1, 0.15) is 11.9 Å². The van der Waals surface area contributed by atoms with Crippen molar-refractivity contribution >= 4 is 40.4 Å². The zero-order valence-corrected chi connectivity index (χ0v) is 22.9. The number of nitrogens with two attached hydrogens (primary N) is 1. The summed E-state index contributed by atoms with van der Waals surface area (Å²) < 4.78 is 49.5. The lowest BCUT2D eigenvalue weighted by Crippen LogP contribution is -2.41. The summed E-state index contributed by atoms with van der Waals surface area (Å²) in [5.74, 6) is -1.09. The topological polar surface area (TPSA) is 142 Å². The number of anilines is 2. The molecule has 2 aromatic heterocycles. The van der Waals surface area contributed by atoms with Crippen molar-refractivity contribution in [2.45, 2.75) is 37.6 Å². The Hall–Kier alpha value is -4.10. The fraction of sp³-hybridized carbons (Fsp3) is 0.357. The number of rotatable bonds is 6. The monoisotopic (exact) mass is 601 g/mol. The van der Waals surface area contributed by atoms with Crippen molar-refractivity contribution < 1.29 is 27.8 Å². The van der Waals surface area contributed by atoms with Crippen molar-refractivity contribution in [2.24, 2.45) is 5.41 Å².